The van der Waals surface area contributed by atoms with E-state index in [4.69, 9.17) is 14.2 Å². The second-order valence-corrected chi connectivity index (χ2v) is 7.97. The Labute approximate surface area is 162 Å². The molecule has 1 amide bonds. The Morgan fingerprint density at radius 1 is 1.15 bits per heavy atom. The van der Waals surface area contributed by atoms with Crippen molar-refractivity contribution >= 4 is 23.2 Å². The zero-order chi connectivity index (χ0) is 19.4. The van der Waals surface area contributed by atoms with Gasteiger partial charge in [0, 0.05) is 4.88 Å². The molecule has 0 radical (unpaired) electrons. The number of ether oxygens (including phenoxy) is 3. The van der Waals surface area contributed by atoms with Crippen molar-refractivity contribution in [2.24, 2.45) is 5.92 Å². The van der Waals surface area contributed by atoms with E-state index < -0.39 is 5.97 Å². The predicted molar refractivity (Wildman–Crippen MR) is 102 cm³/mol. The van der Waals surface area contributed by atoms with Crippen LogP contribution in [-0.2, 0) is 9.53 Å². The third kappa shape index (κ3) is 4.80. The summed E-state index contributed by atoms with van der Waals surface area (Å²) < 4.78 is 16.3. The molecule has 2 heterocycles. The van der Waals surface area contributed by atoms with Gasteiger partial charge in [-0.3, -0.25) is 4.79 Å². The highest BCUT2D eigenvalue weighted by Crippen LogP contribution is 2.34. The Balaban J connectivity index is 1.62. The molecule has 1 atom stereocenters. The van der Waals surface area contributed by atoms with Gasteiger partial charge in [0.2, 0.25) is 0 Å². The van der Waals surface area contributed by atoms with Crippen molar-refractivity contribution in [3.05, 3.63) is 45.6 Å². The molecule has 1 aliphatic heterocycles. The molecular weight excluding hydrogens is 366 g/mol. The van der Waals surface area contributed by atoms with Crippen molar-refractivity contribution in [2.45, 2.75) is 26.8 Å². The molecule has 0 saturated carbocycles. The summed E-state index contributed by atoms with van der Waals surface area (Å²) in [5, 5.41) is 2.94. The number of fused-ring (bicyclic) bond motifs is 1. The van der Waals surface area contributed by atoms with Crippen molar-refractivity contribution in [1.29, 1.82) is 0 Å². The summed E-state index contributed by atoms with van der Waals surface area (Å²) in [4.78, 5) is 25.8. The van der Waals surface area contributed by atoms with Crippen LogP contribution < -0.4 is 14.8 Å². The first-order chi connectivity index (χ1) is 12.9. The fourth-order valence-corrected chi connectivity index (χ4v) is 3.61. The van der Waals surface area contributed by atoms with Crippen molar-refractivity contribution in [3.8, 4) is 11.5 Å². The van der Waals surface area contributed by atoms with Crippen molar-refractivity contribution in [1.82, 2.24) is 5.32 Å². The van der Waals surface area contributed by atoms with Gasteiger partial charge in [-0.2, -0.15) is 0 Å². The van der Waals surface area contributed by atoms with Gasteiger partial charge in [0.1, 0.15) is 18.1 Å². The molecule has 27 heavy (non-hydrogen) atoms. The van der Waals surface area contributed by atoms with Gasteiger partial charge in [0.25, 0.3) is 5.91 Å². The lowest BCUT2D eigenvalue weighted by Gasteiger charge is -2.25. The Bertz CT molecular complexity index is 830. The van der Waals surface area contributed by atoms with Crippen molar-refractivity contribution < 1.29 is 23.8 Å². The van der Waals surface area contributed by atoms with E-state index in [9.17, 15) is 9.59 Å². The normalized spacial score (nSPS) is 13.9. The topological polar surface area (TPSA) is 73.9 Å². The van der Waals surface area contributed by atoms with E-state index in [1.54, 1.807) is 6.07 Å². The molecule has 1 aromatic carbocycles. The molecule has 0 bridgehead atoms. The zero-order valence-electron chi connectivity index (χ0n) is 15.6. The molecule has 3 rings (SSSR count). The Hall–Kier alpha value is -2.54. The summed E-state index contributed by atoms with van der Waals surface area (Å²) in [6.07, 6.45) is 0. The van der Waals surface area contributed by atoms with E-state index in [1.165, 1.54) is 11.3 Å². The first kappa shape index (κ1) is 19.2. The minimum atomic E-state index is -0.483. The Kier molecular flexibility index (Phi) is 6.01. The maximum absolute atomic E-state index is 12.3. The molecule has 0 aliphatic carbocycles. The Morgan fingerprint density at radius 2 is 1.89 bits per heavy atom. The third-order valence-electron chi connectivity index (χ3n) is 4.18. The van der Waals surface area contributed by atoms with Crippen LogP contribution in [0, 0.1) is 12.8 Å². The summed E-state index contributed by atoms with van der Waals surface area (Å²) in [7, 11) is 0. The molecule has 0 saturated heterocycles. The highest BCUT2D eigenvalue weighted by molar-refractivity contribution is 7.13. The van der Waals surface area contributed by atoms with Crippen molar-refractivity contribution in [2.75, 3.05) is 19.8 Å². The largest absolute Gasteiger partial charge is 0.486 e. The average molecular weight is 389 g/mol. The van der Waals surface area contributed by atoms with Gasteiger partial charge in [-0.1, -0.05) is 19.9 Å². The average Bonchev–Trinajstić information content (AvgIpc) is 3.10. The van der Waals surface area contributed by atoms with E-state index >= 15 is 0 Å². The quantitative estimate of drug-likeness (QED) is 0.766. The number of benzene rings is 1. The lowest BCUT2D eigenvalue weighted by Crippen LogP contribution is -2.35. The first-order valence-corrected chi connectivity index (χ1v) is 9.68. The van der Waals surface area contributed by atoms with Crippen LogP contribution in [0.15, 0.2) is 30.3 Å². The molecule has 6 nitrogen and oxygen atoms in total. The van der Waals surface area contributed by atoms with Gasteiger partial charge >= 0.3 is 5.97 Å². The number of amides is 1. The molecule has 0 fully saturated rings. The maximum Gasteiger partial charge on any atom is 0.348 e. The fraction of sp³-hybridized carbons (Fsp3) is 0.400. The number of carbonyl (C=O) groups is 2. The first-order valence-electron chi connectivity index (χ1n) is 8.86. The predicted octanol–water partition coefficient (Wildman–Crippen LogP) is 3.50. The van der Waals surface area contributed by atoms with Crippen LogP contribution in [-0.4, -0.2) is 31.7 Å². The van der Waals surface area contributed by atoms with E-state index in [-0.39, 0.29) is 24.5 Å². The summed E-state index contributed by atoms with van der Waals surface area (Å²) in [5.74, 6) is 0.707. The molecule has 2 aromatic rings. The minimum Gasteiger partial charge on any atom is -0.486 e. The monoisotopic (exact) mass is 389 g/mol. The SMILES string of the molecule is Cc1ccc(C(=O)OCC(=O)N[C@@H](c2ccc3c(c2)OCCO3)C(C)C)s1. The van der Waals surface area contributed by atoms with Gasteiger partial charge in [-0.15, -0.1) is 11.3 Å². The number of thiophene rings is 1. The highest BCUT2D eigenvalue weighted by atomic mass is 32.1. The summed E-state index contributed by atoms with van der Waals surface area (Å²) in [6.45, 7) is 6.67. The van der Waals surface area contributed by atoms with Gasteiger partial charge in [-0.25, -0.2) is 4.79 Å². The highest BCUT2D eigenvalue weighted by Gasteiger charge is 2.22. The van der Waals surface area contributed by atoms with E-state index in [0.717, 1.165) is 10.4 Å². The Morgan fingerprint density at radius 3 is 2.56 bits per heavy atom. The standard InChI is InChI=1S/C20H23NO5S/c1-12(2)19(14-5-6-15-16(10-14)25-9-8-24-15)21-18(22)11-26-20(23)17-7-4-13(3)27-17/h4-7,10,12,19H,8-9,11H2,1-3H3,(H,21,22)/t19-/m1/s1. The minimum absolute atomic E-state index is 0.146. The van der Waals surface area contributed by atoms with Gasteiger partial charge in [0.05, 0.1) is 6.04 Å². The van der Waals surface area contributed by atoms with Crippen molar-refractivity contribution in [3.63, 3.8) is 0 Å². The molecule has 1 N–H and O–H groups in total. The van der Waals surface area contributed by atoms with Crippen LogP contribution in [0.3, 0.4) is 0 Å². The fourth-order valence-electron chi connectivity index (χ4n) is 2.85. The molecule has 1 aromatic heterocycles. The van der Waals surface area contributed by atoms with Crippen LogP contribution in [0.25, 0.3) is 0 Å². The lowest BCUT2D eigenvalue weighted by atomic mass is 9.95. The molecule has 144 valence electrons. The van der Waals surface area contributed by atoms with Crippen LogP contribution in [0.4, 0.5) is 0 Å². The number of aryl methyl sites for hydroxylation is 1. The summed E-state index contributed by atoms with van der Waals surface area (Å²) in [6, 6.07) is 8.98. The van der Waals surface area contributed by atoms with E-state index in [1.807, 2.05) is 45.0 Å². The molecular formula is C20H23NO5S. The zero-order valence-corrected chi connectivity index (χ0v) is 16.4. The summed E-state index contributed by atoms with van der Waals surface area (Å²) in [5.41, 5.74) is 0.919. The van der Waals surface area contributed by atoms with Gasteiger partial charge < -0.3 is 19.5 Å². The maximum atomic E-state index is 12.3. The number of esters is 1. The molecule has 0 spiro atoms. The van der Waals surface area contributed by atoms with Gasteiger partial charge in [0.15, 0.2) is 18.1 Å². The number of rotatable bonds is 6. The third-order valence-corrected chi connectivity index (χ3v) is 5.17. The van der Waals surface area contributed by atoms with Crippen LogP contribution >= 0.6 is 11.3 Å². The number of carbonyl (C=O) groups excluding carboxylic acids is 2. The molecule has 1 aliphatic rings. The smallest absolute Gasteiger partial charge is 0.348 e. The lowest BCUT2D eigenvalue weighted by molar-refractivity contribution is -0.125. The number of hydrogen-bond donors (Lipinski definition) is 1. The number of nitrogens with one attached hydrogen (secondary N) is 1. The second-order valence-electron chi connectivity index (χ2n) is 6.68. The van der Waals surface area contributed by atoms with E-state index in [0.29, 0.717) is 29.6 Å². The van der Waals surface area contributed by atoms with Crippen LogP contribution in [0.2, 0.25) is 0 Å². The van der Waals surface area contributed by atoms with Crippen LogP contribution in [0.1, 0.15) is 40.0 Å². The van der Waals surface area contributed by atoms with E-state index in [2.05, 4.69) is 5.32 Å². The molecule has 0 unspecified atom stereocenters. The molecule has 7 heteroatoms. The summed E-state index contributed by atoms with van der Waals surface area (Å²) >= 11 is 1.34. The van der Waals surface area contributed by atoms with Crippen LogP contribution in [0.5, 0.6) is 11.5 Å². The number of hydrogen-bond acceptors (Lipinski definition) is 6. The van der Waals surface area contributed by atoms with Gasteiger partial charge in [-0.05, 0) is 42.7 Å². The second kappa shape index (κ2) is 8.43.